The van der Waals surface area contributed by atoms with Crippen LogP contribution in [-0.4, -0.2) is 10.1 Å². The van der Waals surface area contributed by atoms with Gasteiger partial charge in [-0.3, -0.25) is 0 Å². The SMILES string of the molecule is O=[N+]([O-])N(c1ccccc1C(F)(F)F)[N+](=O)[O-]. The van der Waals surface area contributed by atoms with Gasteiger partial charge in [-0.2, -0.15) is 13.2 Å². The van der Waals surface area contributed by atoms with Gasteiger partial charge in [0.15, 0.2) is 5.69 Å². The lowest BCUT2D eigenvalue weighted by molar-refractivity contribution is -0.712. The number of nitro groups is 2. The first-order valence-corrected chi connectivity index (χ1v) is 4.00. The highest BCUT2D eigenvalue weighted by Gasteiger charge is 2.42. The van der Waals surface area contributed by atoms with Gasteiger partial charge in [0.05, 0.1) is 5.56 Å². The van der Waals surface area contributed by atoms with Crippen LogP contribution in [0.15, 0.2) is 24.3 Å². The Bertz CT molecular complexity index is 448. The van der Waals surface area contributed by atoms with E-state index in [0.717, 1.165) is 12.1 Å². The lowest BCUT2D eigenvalue weighted by Crippen LogP contribution is -2.37. The maximum absolute atomic E-state index is 12.5. The van der Waals surface area contributed by atoms with Crippen molar-refractivity contribution in [1.29, 1.82) is 0 Å². The van der Waals surface area contributed by atoms with Crippen LogP contribution < -0.4 is 5.12 Å². The van der Waals surface area contributed by atoms with E-state index in [0.29, 0.717) is 12.1 Å². The van der Waals surface area contributed by atoms with Gasteiger partial charge in [0, 0.05) is 0 Å². The van der Waals surface area contributed by atoms with Gasteiger partial charge in [0.2, 0.25) is 15.2 Å². The predicted octanol–water partition coefficient (Wildman–Crippen LogP) is 1.90. The molecule has 92 valence electrons. The van der Waals surface area contributed by atoms with Crippen molar-refractivity contribution in [2.24, 2.45) is 0 Å². The lowest BCUT2D eigenvalue weighted by atomic mass is 10.2. The maximum atomic E-state index is 12.5. The van der Waals surface area contributed by atoms with Crippen molar-refractivity contribution in [2.45, 2.75) is 6.18 Å². The molecule has 7 nitrogen and oxygen atoms in total. The van der Waals surface area contributed by atoms with Crippen LogP contribution in [0.1, 0.15) is 5.56 Å². The Balaban J connectivity index is 3.39. The molecule has 0 N–H and O–H groups in total. The van der Waals surface area contributed by atoms with Crippen LogP contribution in [0.2, 0.25) is 0 Å². The van der Waals surface area contributed by atoms with Crippen molar-refractivity contribution in [3.63, 3.8) is 0 Å². The average Bonchev–Trinajstić information content (AvgIpc) is 2.15. The molecule has 0 radical (unpaired) electrons. The minimum Gasteiger partial charge on any atom is -0.230 e. The first kappa shape index (κ1) is 12.7. The van der Waals surface area contributed by atoms with Gasteiger partial charge in [-0.15, -0.1) is 0 Å². The maximum Gasteiger partial charge on any atom is 0.418 e. The summed E-state index contributed by atoms with van der Waals surface area (Å²) in [5, 5.41) is 16.8. The minimum absolute atomic E-state index is 0.523. The standard InChI is InChI=1S/C7H4F3N3O4/c8-7(9,10)5-3-1-2-4-6(5)11(12(14)15)13(16)17/h1-4H. The quantitative estimate of drug-likeness (QED) is 0.604. The topological polar surface area (TPSA) is 89.5 Å². The van der Waals surface area contributed by atoms with E-state index in [1.54, 1.807) is 0 Å². The van der Waals surface area contributed by atoms with E-state index in [1.165, 1.54) is 0 Å². The lowest BCUT2D eigenvalue weighted by Gasteiger charge is -2.11. The highest BCUT2D eigenvalue weighted by atomic mass is 19.4. The van der Waals surface area contributed by atoms with E-state index in [-0.39, 0.29) is 0 Å². The molecule has 0 aliphatic rings. The molecule has 17 heavy (non-hydrogen) atoms. The molecular weight excluding hydrogens is 247 g/mol. The molecule has 0 saturated heterocycles. The number of hydrazine groups is 2. The molecule has 0 aliphatic carbocycles. The molecule has 0 saturated carbocycles. The van der Waals surface area contributed by atoms with Gasteiger partial charge >= 0.3 is 6.18 Å². The molecule has 0 heterocycles. The number of hydrogen-bond donors (Lipinski definition) is 0. The van der Waals surface area contributed by atoms with Crippen molar-refractivity contribution in [2.75, 3.05) is 5.12 Å². The largest absolute Gasteiger partial charge is 0.418 e. The van der Waals surface area contributed by atoms with Crippen molar-refractivity contribution >= 4 is 5.69 Å². The second kappa shape index (κ2) is 4.23. The molecule has 0 fully saturated rings. The molecule has 0 aliphatic heterocycles. The fourth-order valence-corrected chi connectivity index (χ4v) is 1.12. The summed E-state index contributed by atoms with van der Waals surface area (Å²) in [6.07, 6.45) is -4.92. The predicted molar refractivity (Wildman–Crippen MR) is 47.9 cm³/mol. The van der Waals surface area contributed by atoms with Gasteiger partial charge in [0.1, 0.15) is 0 Å². The second-order valence-electron chi connectivity index (χ2n) is 2.78. The summed E-state index contributed by atoms with van der Waals surface area (Å²) in [6.45, 7) is 0. The fourth-order valence-electron chi connectivity index (χ4n) is 1.12. The van der Waals surface area contributed by atoms with Crippen LogP contribution >= 0.6 is 0 Å². The van der Waals surface area contributed by atoms with Gasteiger partial charge < -0.3 is 0 Å². The Hall–Kier alpha value is -2.39. The molecular formula is C7H4F3N3O4. The highest BCUT2D eigenvalue weighted by molar-refractivity contribution is 5.50. The van der Waals surface area contributed by atoms with Gasteiger partial charge in [-0.05, 0) is 12.1 Å². The number of benzene rings is 1. The smallest absolute Gasteiger partial charge is 0.230 e. The summed E-state index contributed by atoms with van der Waals surface area (Å²) >= 11 is 0. The summed E-state index contributed by atoms with van der Waals surface area (Å²) in [6, 6.07) is 3.18. The fraction of sp³-hybridized carbons (Fsp3) is 0.143. The van der Waals surface area contributed by atoms with E-state index in [9.17, 15) is 33.4 Å². The molecule has 0 bridgehead atoms. The molecule has 0 unspecified atom stereocenters. The van der Waals surface area contributed by atoms with E-state index in [1.807, 2.05) is 0 Å². The van der Waals surface area contributed by atoms with E-state index in [4.69, 9.17) is 0 Å². The Kier molecular flexibility index (Phi) is 3.16. The number of para-hydroxylation sites is 1. The number of nitrogens with zero attached hydrogens (tertiary/aromatic N) is 3. The number of alkyl halides is 3. The Labute approximate surface area is 91.3 Å². The van der Waals surface area contributed by atoms with Gasteiger partial charge in [-0.1, -0.05) is 12.1 Å². The van der Waals surface area contributed by atoms with Crippen LogP contribution in [0.4, 0.5) is 18.9 Å². The summed E-state index contributed by atoms with van der Waals surface area (Å²) < 4.78 is 37.4. The van der Waals surface area contributed by atoms with Crippen LogP contribution in [-0.2, 0) is 6.18 Å². The van der Waals surface area contributed by atoms with Crippen LogP contribution in [0, 0.1) is 20.2 Å². The van der Waals surface area contributed by atoms with E-state index in [2.05, 4.69) is 0 Å². The van der Waals surface area contributed by atoms with Gasteiger partial charge in [0.25, 0.3) is 0 Å². The summed E-state index contributed by atoms with van der Waals surface area (Å²) in [5.74, 6) is 0. The van der Waals surface area contributed by atoms with Crippen molar-refractivity contribution in [3.05, 3.63) is 50.1 Å². The number of rotatable bonds is 3. The second-order valence-corrected chi connectivity index (χ2v) is 2.78. The third-order valence-corrected chi connectivity index (χ3v) is 1.73. The Morgan fingerprint density at radius 2 is 1.53 bits per heavy atom. The molecule has 0 aromatic heterocycles. The Morgan fingerprint density at radius 3 is 1.94 bits per heavy atom. The first-order chi connectivity index (χ1) is 7.75. The van der Waals surface area contributed by atoms with Crippen LogP contribution in [0.25, 0.3) is 0 Å². The zero-order valence-electron chi connectivity index (χ0n) is 7.92. The third kappa shape index (κ3) is 2.59. The van der Waals surface area contributed by atoms with Crippen molar-refractivity contribution < 1.29 is 23.2 Å². The first-order valence-electron chi connectivity index (χ1n) is 4.00. The van der Waals surface area contributed by atoms with Crippen LogP contribution in [0.3, 0.4) is 0 Å². The third-order valence-electron chi connectivity index (χ3n) is 1.73. The molecule has 1 rings (SSSR count). The summed E-state index contributed by atoms with van der Waals surface area (Å²) in [5.41, 5.74) is -2.59. The Morgan fingerprint density at radius 1 is 1.06 bits per heavy atom. The normalized spacial score (nSPS) is 11.0. The van der Waals surface area contributed by atoms with Gasteiger partial charge in [-0.25, -0.2) is 20.2 Å². The summed E-state index contributed by atoms with van der Waals surface area (Å²) in [7, 11) is 0. The molecule has 1 aromatic rings. The van der Waals surface area contributed by atoms with Crippen LogP contribution in [0.5, 0.6) is 0 Å². The average molecular weight is 251 g/mol. The van der Waals surface area contributed by atoms with Crippen molar-refractivity contribution in [1.82, 2.24) is 0 Å². The molecule has 1 aromatic carbocycles. The van der Waals surface area contributed by atoms with E-state index < -0.39 is 32.6 Å². The van der Waals surface area contributed by atoms with Crippen molar-refractivity contribution in [3.8, 4) is 0 Å². The highest BCUT2D eigenvalue weighted by Crippen LogP contribution is 2.36. The minimum atomic E-state index is -4.92. The molecule has 10 heteroatoms. The molecule has 0 spiro atoms. The summed E-state index contributed by atoms with van der Waals surface area (Å²) in [4.78, 5) is 20.7. The molecule has 0 amide bonds. The zero-order valence-corrected chi connectivity index (χ0v) is 7.92. The van der Waals surface area contributed by atoms with E-state index >= 15 is 0 Å². The molecule has 0 atom stereocenters. The monoisotopic (exact) mass is 251 g/mol. The number of anilines is 1. The number of halogens is 3. The number of hydrogen-bond acceptors (Lipinski definition) is 4. The zero-order chi connectivity index (χ0) is 13.2.